The number of hydrogen-bond donors (Lipinski definition) is 1. The maximum atomic E-state index is 5.15. The van der Waals surface area contributed by atoms with E-state index in [9.17, 15) is 0 Å². The van der Waals surface area contributed by atoms with Gasteiger partial charge in [-0.3, -0.25) is 0 Å². The summed E-state index contributed by atoms with van der Waals surface area (Å²) in [5.41, 5.74) is 6.30. The first-order chi connectivity index (χ1) is 9.19. The molecule has 2 rings (SSSR count). The second kappa shape index (κ2) is 6.39. The molecule has 19 heavy (non-hydrogen) atoms. The zero-order chi connectivity index (χ0) is 13.7. The molecular weight excluding hydrogens is 234 g/mol. The molecule has 2 aromatic carbocycles. The molecular formula is C17H21NO. The van der Waals surface area contributed by atoms with Crippen LogP contribution in [0.2, 0.25) is 0 Å². The quantitative estimate of drug-likeness (QED) is 0.870. The van der Waals surface area contributed by atoms with Gasteiger partial charge in [-0.25, -0.2) is 0 Å². The lowest BCUT2D eigenvalue weighted by Gasteiger charge is -2.11. The van der Waals surface area contributed by atoms with Crippen molar-refractivity contribution in [1.82, 2.24) is 0 Å². The summed E-state index contributed by atoms with van der Waals surface area (Å²) in [6.07, 6.45) is 0. The molecule has 1 N–H and O–H groups in total. The number of hydrogen-bond acceptors (Lipinski definition) is 2. The number of rotatable bonds is 5. The predicted molar refractivity (Wildman–Crippen MR) is 80.4 cm³/mol. The van der Waals surface area contributed by atoms with Gasteiger partial charge in [0.15, 0.2) is 0 Å². The number of anilines is 1. The summed E-state index contributed by atoms with van der Waals surface area (Å²) < 4.78 is 5.15. The molecule has 0 aromatic heterocycles. The van der Waals surface area contributed by atoms with Gasteiger partial charge in [0.1, 0.15) is 0 Å². The van der Waals surface area contributed by atoms with Gasteiger partial charge in [0, 0.05) is 19.3 Å². The van der Waals surface area contributed by atoms with E-state index in [0.717, 1.165) is 12.2 Å². The smallest absolute Gasteiger partial charge is 0.0713 e. The van der Waals surface area contributed by atoms with Gasteiger partial charge in [-0.2, -0.15) is 0 Å². The van der Waals surface area contributed by atoms with Gasteiger partial charge >= 0.3 is 0 Å². The van der Waals surface area contributed by atoms with E-state index in [1.165, 1.54) is 22.3 Å². The van der Waals surface area contributed by atoms with Crippen LogP contribution in [0.1, 0.15) is 22.3 Å². The molecule has 2 nitrogen and oxygen atoms in total. The van der Waals surface area contributed by atoms with Crippen molar-refractivity contribution >= 4 is 5.69 Å². The van der Waals surface area contributed by atoms with Gasteiger partial charge in [-0.15, -0.1) is 0 Å². The third kappa shape index (κ3) is 3.83. The van der Waals surface area contributed by atoms with Crippen LogP contribution in [0, 0.1) is 13.8 Å². The highest BCUT2D eigenvalue weighted by Gasteiger charge is 2.00. The minimum Gasteiger partial charge on any atom is -0.381 e. The van der Waals surface area contributed by atoms with E-state index in [0.29, 0.717) is 6.61 Å². The fraction of sp³-hybridized carbons (Fsp3) is 0.294. The average molecular weight is 255 g/mol. The molecule has 0 radical (unpaired) electrons. The lowest BCUT2D eigenvalue weighted by molar-refractivity contribution is 0.185. The SMILES string of the molecule is COCc1cccc(NCc2ccc(C)cc2C)c1. The third-order valence-electron chi connectivity index (χ3n) is 3.22. The third-order valence-corrected chi connectivity index (χ3v) is 3.22. The van der Waals surface area contributed by atoms with Crippen LogP contribution in [0.3, 0.4) is 0 Å². The first-order valence-electron chi connectivity index (χ1n) is 6.57. The Balaban J connectivity index is 2.03. The van der Waals surface area contributed by atoms with E-state index < -0.39 is 0 Å². The van der Waals surface area contributed by atoms with E-state index in [-0.39, 0.29) is 0 Å². The molecule has 2 aromatic rings. The highest BCUT2D eigenvalue weighted by molar-refractivity contribution is 5.46. The standard InChI is InChI=1S/C17H21NO/c1-13-7-8-16(14(2)9-13)11-18-17-6-4-5-15(10-17)12-19-3/h4-10,18H,11-12H2,1-3H3. The number of methoxy groups -OCH3 is 1. The molecule has 0 aliphatic rings. The molecule has 0 saturated carbocycles. The highest BCUT2D eigenvalue weighted by Crippen LogP contribution is 2.15. The van der Waals surface area contributed by atoms with E-state index in [2.05, 4.69) is 61.6 Å². The second-order valence-electron chi connectivity index (χ2n) is 4.92. The van der Waals surface area contributed by atoms with E-state index in [1.807, 2.05) is 0 Å². The summed E-state index contributed by atoms with van der Waals surface area (Å²) in [4.78, 5) is 0. The maximum absolute atomic E-state index is 5.15. The predicted octanol–water partition coefficient (Wildman–Crippen LogP) is 4.06. The first kappa shape index (κ1) is 13.6. The Morgan fingerprint density at radius 1 is 1.05 bits per heavy atom. The van der Waals surface area contributed by atoms with Crippen molar-refractivity contribution in [3.05, 3.63) is 64.7 Å². The molecule has 0 spiro atoms. The lowest BCUT2D eigenvalue weighted by atomic mass is 10.1. The van der Waals surface area contributed by atoms with Gasteiger partial charge in [0.25, 0.3) is 0 Å². The van der Waals surface area contributed by atoms with Gasteiger partial charge in [-0.1, -0.05) is 35.9 Å². The minimum atomic E-state index is 0.652. The van der Waals surface area contributed by atoms with Crippen LogP contribution in [0.25, 0.3) is 0 Å². The molecule has 0 fully saturated rings. The zero-order valence-electron chi connectivity index (χ0n) is 11.9. The Morgan fingerprint density at radius 2 is 1.89 bits per heavy atom. The van der Waals surface area contributed by atoms with Gasteiger partial charge in [0.2, 0.25) is 0 Å². The monoisotopic (exact) mass is 255 g/mol. The molecule has 0 amide bonds. The van der Waals surface area contributed by atoms with Crippen LogP contribution in [0.5, 0.6) is 0 Å². The minimum absolute atomic E-state index is 0.652. The van der Waals surface area contributed by atoms with Gasteiger partial charge in [0.05, 0.1) is 6.61 Å². The van der Waals surface area contributed by atoms with Crippen LogP contribution < -0.4 is 5.32 Å². The van der Waals surface area contributed by atoms with Gasteiger partial charge in [-0.05, 0) is 42.7 Å². The molecule has 0 saturated heterocycles. The fourth-order valence-electron chi connectivity index (χ4n) is 2.18. The average Bonchev–Trinajstić information content (AvgIpc) is 2.38. The van der Waals surface area contributed by atoms with Crippen molar-refractivity contribution in [3.8, 4) is 0 Å². The highest BCUT2D eigenvalue weighted by atomic mass is 16.5. The number of ether oxygens (including phenoxy) is 1. The van der Waals surface area contributed by atoms with Crippen LogP contribution >= 0.6 is 0 Å². The maximum Gasteiger partial charge on any atom is 0.0713 e. The van der Waals surface area contributed by atoms with Crippen LogP contribution in [0.4, 0.5) is 5.69 Å². The van der Waals surface area contributed by atoms with E-state index >= 15 is 0 Å². The van der Waals surface area contributed by atoms with Crippen molar-refractivity contribution in [2.75, 3.05) is 12.4 Å². The molecule has 0 unspecified atom stereocenters. The van der Waals surface area contributed by atoms with Crippen molar-refractivity contribution in [2.45, 2.75) is 27.0 Å². The Morgan fingerprint density at radius 3 is 2.63 bits per heavy atom. The summed E-state index contributed by atoms with van der Waals surface area (Å²) >= 11 is 0. The molecule has 2 heteroatoms. The van der Waals surface area contributed by atoms with E-state index in [4.69, 9.17) is 4.74 Å². The summed E-state index contributed by atoms with van der Waals surface area (Å²) in [5, 5.41) is 3.46. The molecule has 0 aliphatic carbocycles. The summed E-state index contributed by atoms with van der Waals surface area (Å²) in [6, 6.07) is 14.9. The number of aryl methyl sites for hydroxylation is 2. The van der Waals surface area contributed by atoms with Crippen molar-refractivity contribution in [2.24, 2.45) is 0 Å². The van der Waals surface area contributed by atoms with Crippen LogP contribution in [-0.4, -0.2) is 7.11 Å². The first-order valence-corrected chi connectivity index (χ1v) is 6.57. The van der Waals surface area contributed by atoms with Gasteiger partial charge < -0.3 is 10.1 Å². The Hall–Kier alpha value is -1.80. The molecule has 0 heterocycles. The van der Waals surface area contributed by atoms with Crippen molar-refractivity contribution in [1.29, 1.82) is 0 Å². The van der Waals surface area contributed by atoms with Crippen LogP contribution in [-0.2, 0) is 17.9 Å². The molecule has 100 valence electrons. The summed E-state index contributed by atoms with van der Waals surface area (Å²) in [7, 11) is 1.72. The van der Waals surface area contributed by atoms with Crippen molar-refractivity contribution in [3.63, 3.8) is 0 Å². The fourth-order valence-corrected chi connectivity index (χ4v) is 2.18. The molecule has 0 atom stereocenters. The van der Waals surface area contributed by atoms with Crippen LogP contribution in [0.15, 0.2) is 42.5 Å². The topological polar surface area (TPSA) is 21.3 Å². The second-order valence-corrected chi connectivity index (χ2v) is 4.92. The summed E-state index contributed by atoms with van der Waals surface area (Å²) in [6.45, 7) is 5.78. The normalized spacial score (nSPS) is 10.5. The Kier molecular flexibility index (Phi) is 4.58. The zero-order valence-corrected chi connectivity index (χ0v) is 11.9. The molecule has 0 bridgehead atoms. The largest absolute Gasteiger partial charge is 0.381 e. The number of benzene rings is 2. The molecule has 0 aliphatic heterocycles. The van der Waals surface area contributed by atoms with Crippen molar-refractivity contribution < 1.29 is 4.74 Å². The van der Waals surface area contributed by atoms with E-state index in [1.54, 1.807) is 7.11 Å². The summed E-state index contributed by atoms with van der Waals surface area (Å²) in [5.74, 6) is 0. The Labute approximate surface area is 115 Å². The number of nitrogens with one attached hydrogen (secondary N) is 1. The Bertz CT molecular complexity index is 549. The lowest BCUT2D eigenvalue weighted by Crippen LogP contribution is -2.02.